The lowest BCUT2D eigenvalue weighted by molar-refractivity contribution is -0.115. The van der Waals surface area contributed by atoms with Crippen molar-refractivity contribution < 1.29 is 4.79 Å². The molecule has 2 aliphatic rings. The normalized spacial score (nSPS) is 16.3. The predicted octanol–water partition coefficient (Wildman–Crippen LogP) is 4.60. The molecule has 2 aliphatic carbocycles. The number of nitrogens with zero attached hydrogens (tertiary/aromatic N) is 2. The highest BCUT2D eigenvalue weighted by molar-refractivity contribution is 7.99. The molecule has 2 N–H and O–H groups in total. The minimum Gasteiger partial charge on any atom is -0.369 e. The third kappa shape index (κ3) is 4.12. The molecule has 0 bridgehead atoms. The molecule has 33 heavy (non-hydrogen) atoms. The zero-order valence-corrected chi connectivity index (χ0v) is 19.8. The van der Waals surface area contributed by atoms with Crippen LogP contribution in [-0.2, 0) is 23.2 Å². The van der Waals surface area contributed by atoms with Crippen molar-refractivity contribution in [1.29, 1.82) is 0 Å². The van der Waals surface area contributed by atoms with Crippen LogP contribution in [0.25, 0.3) is 11.3 Å². The second kappa shape index (κ2) is 8.82. The maximum absolute atomic E-state index is 14.2. The van der Waals surface area contributed by atoms with Crippen LogP contribution < -0.4 is 11.3 Å². The molecule has 0 saturated heterocycles. The van der Waals surface area contributed by atoms with Gasteiger partial charge in [-0.15, -0.1) is 0 Å². The van der Waals surface area contributed by atoms with Crippen molar-refractivity contribution in [3.05, 3.63) is 81.1 Å². The van der Waals surface area contributed by atoms with Gasteiger partial charge in [0.1, 0.15) is 0 Å². The molecule has 0 aliphatic heterocycles. The summed E-state index contributed by atoms with van der Waals surface area (Å²) in [6.07, 6.45) is 6.42. The number of fused-ring (bicyclic) bond motifs is 4. The maximum atomic E-state index is 14.2. The van der Waals surface area contributed by atoms with Crippen molar-refractivity contribution >= 4 is 17.7 Å². The van der Waals surface area contributed by atoms with Gasteiger partial charge in [-0.3, -0.25) is 14.2 Å². The van der Waals surface area contributed by atoms with E-state index in [1.807, 2.05) is 6.07 Å². The summed E-state index contributed by atoms with van der Waals surface area (Å²) in [7, 11) is 0. The Morgan fingerprint density at radius 3 is 2.55 bits per heavy atom. The van der Waals surface area contributed by atoms with Gasteiger partial charge in [-0.25, -0.2) is 4.98 Å². The van der Waals surface area contributed by atoms with E-state index in [2.05, 4.69) is 49.4 Å². The number of primary amides is 1. The van der Waals surface area contributed by atoms with Crippen LogP contribution in [0, 0.1) is 6.92 Å². The summed E-state index contributed by atoms with van der Waals surface area (Å²) >= 11 is 1.25. The number of aryl methyl sites for hydroxylation is 1. The molecule has 0 atom stereocenters. The molecule has 0 unspecified atom stereocenters. The fourth-order valence-corrected chi connectivity index (χ4v) is 6.21. The van der Waals surface area contributed by atoms with Crippen molar-refractivity contribution in [2.75, 3.05) is 5.75 Å². The molecule has 6 heteroatoms. The third-order valence-corrected chi connectivity index (χ3v) is 8.08. The van der Waals surface area contributed by atoms with E-state index in [4.69, 9.17) is 10.7 Å². The lowest BCUT2D eigenvalue weighted by atomic mass is 9.62. The molecule has 1 saturated carbocycles. The molecular formula is C27H29N3O2S. The molecule has 170 valence electrons. The van der Waals surface area contributed by atoms with Gasteiger partial charge in [0.2, 0.25) is 5.91 Å². The SMILES string of the molecule is Cc1ccc(Cn2c(SCC(N)=O)nc3c(c2=O)C2(CCCCC2)Cc2ccccc2-3)cc1. The number of carbonyl (C=O) groups excluding carboxylic acids is 1. The summed E-state index contributed by atoms with van der Waals surface area (Å²) < 4.78 is 1.77. The van der Waals surface area contributed by atoms with E-state index in [9.17, 15) is 9.59 Å². The second-order valence-corrected chi connectivity index (χ2v) is 10.4. The Labute approximate surface area is 198 Å². The molecule has 3 aromatic rings. The van der Waals surface area contributed by atoms with Crippen LogP contribution in [0.2, 0.25) is 0 Å². The molecule has 5 rings (SSSR count). The number of carbonyl (C=O) groups is 1. The Bertz CT molecular complexity index is 1260. The fourth-order valence-electron chi connectivity index (χ4n) is 5.48. The molecule has 1 amide bonds. The van der Waals surface area contributed by atoms with Crippen molar-refractivity contribution in [2.45, 2.75) is 62.6 Å². The van der Waals surface area contributed by atoms with Crippen molar-refractivity contribution in [2.24, 2.45) is 5.73 Å². The highest BCUT2D eigenvalue weighted by atomic mass is 32.2. The maximum Gasteiger partial charge on any atom is 0.258 e. The van der Waals surface area contributed by atoms with Gasteiger partial charge in [0.15, 0.2) is 5.16 Å². The van der Waals surface area contributed by atoms with Gasteiger partial charge in [-0.2, -0.15) is 0 Å². The number of rotatable bonds is 5. The number of nitrogens with two attached hydrogens (primary N) is 1. The van der Waals surface area contributed by atoms with Crippen LogP contribution in [0.4, 0.5) is 0 Å². The van der Waals surface area contributed by atoms with Crippen LogP contribution >= 0.6 is 11.8 Å². The van der Waals surface area contributed by atoms with E-state index in [0.717, 1.165) is 54.5 Å². The lowest BCUT2D eigenvalue weighted by Gasteiger charge is -2.42. The Balaban J connectivity index is 1.72. The summed E-state index contributed by atoms with van der Waals surface area (Å²) in [5.74, 6) is -0.329. The molecule has 1 fully saturated rings. The van der Waals surface area contributed by atoms with Gasteiger partial charge in [-0.1, -0.05) is 85.1 Å². The summed E-state index contributed by atoms with van der Waals surface area (Å²) in [4.78, 5) is 30.9. The smallest absolute Gasteiger partial charge is 0.258 e. The third-order valence-electron chi connectivity index (χ3n) is 7.08. The zero-order chi connectivity index (χ0) is 23.0. The number of hydrogen-bond donors (Lipinski definition) is 1. The number of benzene rings is 2. The van der Waals surface area contributed by atoms with Crippen LogP contribution in [0.15, 0.2) is 58.5 Å². The highest BCUT2D eigenvalue weighted by Crippen LogP contribution is 2.48. The summed E-state index contributed by atoms with van der Waals surface area (Å²) in [5.41, 5.74) is 11.5. The van der Waals surface area contributed by atoms with Crippen LogP contribution in [0.3, 0.4) is 0 Å². The molecule has 5 nitrogen and oxygen atoms in total. The summed E-state index contributed by atoms with van der Waals surface area (Å²) in [6, 6.07) is 16.5. The van der Waals surface area contributed by atoms with E-state index in [-0.39, 0.29) is 16.7 Å². The molecule has 1 aromatic heterocycles. The molecule has 0 radical (unpaired) electrons. The molecule has 1 heterocycles. The summed E-state index contributed by atoms with van der Waals surface area (Å²) in [6.45, 7) is 2.48. The predicted molar refractivity (Wildman–Crippen MR) is 133 cm³/mol. The van der Waals surface area contributed by atoms with Gasteiger partial charge >= 0.3 is 0 Å². The van der Waals surface area contributed by atoms with Gasteiger partial charge in [0.25, 0.3) is 5.56 Å². The first-order valence-electron chi connectivity index (χ1n) is 11.7. The van der Waals surface area contributed by atoms with E-state index in [1.54, 1.807) is 4.57 Å². The van der Waals surface area contributed by atoms with Gasteiger partial charge in [0, 0.05) is 11.0 Å². The highest BCUT2D eigenvalue weighted by Gasteiger charge is 2.43. The quantitative estimate of drug-likeness (QED) is 0.447. The minimum atomic E-state index is -0.419. The number of aromatic nitrogens is 2. The zero-order valence-electron chi connectivity index (χ0n) is 19.0. The van der Waals surface area contributed by atoms with Crippen LogP contribution in [-0.4, -0.2) is 21.2 Å². The fraction of sp³-hybridized carbons (Fsp3) is 0.370. The van der Waals surface area contributed by atoms with E-state index >= 15 is 0 Å². The van der Waals surface area contributed by atoms with Crippen molar-refractivity contribution in [1.82, 2.24) is 9.55 Å². The first kappa shape index (κ1) is 22.0. The standard InChI is InChI=1S/C27H29N3O2S/c1-18-9-11-19(12-10-18)16-30-25(32)23-24(29-26(30)33-17-22(28)31)21-8-4-3-7-20(21)15-27(23)13-5-2-6-14-27/h3-4,7-12H,2,5-6,13-17H2,1H3,(H2,28,31). The molecular weight excluding hydrogens is 430 g/mol. The summed E-state index contributed by atoms with van der Waals surface area (Å²) in [5, 5.41) is 0.556. The minimum absolute atomic E-state index is 0.0314. The monoisotopic (exact) mass is 459 g/mol. The van der Waals surface area contributed by atoms with E-state index in [1.165, 1.54) is 29.3 Å². The van der Waals surface area contributed by atoms with Gasteiger partial charge in [0.05, 0.1) is 23.6 Å². The Morgan fingerprint density at radius 2 is 1.82 bits per heavy atom. The first-order chi connectivity index (χ1) is 16.0. The van der Waals surface area contributed by atoms with Crippen molar-refractivity contribution in [3.63, 3.8) is 0 Å². The van der Waals surface area contributed by atoms with Crippen LogP contribution in [0.1, 0.15) is 54.4 Å². The van der Waals surface area contributed by atoms with E-state index < -0.39 is 5.91 Å². The molecule has 2 aromatic carbocycles. The Hall–Kier alpha value is -2.86. The van der Waals surface area contributed by atoms with Gasteiger partial charge in [-0.05, 0) is 37.3 Å². The van der Waals surface area contributed by atoms with Gasteiger partial charge < -0.3 is 5.73 Å². The average Bonchev–Trinajstić information content (AvgIpc) is 2.81. The number of thioether (sulfide) groups is 1. The largest absolute Gasteiger partial charge is 0.369 e. The average molecular weight is 460 g/mol. The molecule has 1 spiro atoms. The Morgan fingerprint density at radius 1 is 1.09 bits per heavy atom. The van der Waals surface area contributed by atoms with Crippen LogP contribution in [0.5, 0.6) is 0 Å². The lowest BCUT2D eigenvalue weighted by Crippen LogP contribution is -2.43. The topological polar surface area (TPSA) is 78.0 Å². The van der Waals surface area contributed by atoms with E-state index in [0.29, 0.717) is 11.7 Å². The first-order valence-corrected chi connectivity index (χ1v) is 12.7. The van der Waals surface area contributed by atoms with Crippen molar-refractivity contribution in [3.8, 4) is 11.3 Å². The second-order valence-electron chi connectivity index (χ2n) is 9.42. The number of amides is 1. The Kier molecular flexibility index (Phi) is 5.87. The number of hydrogen-bond acceptors (Lipinski definition) is 4.